The van der Waals surface area contributed by atoms with Crippen molar-refractivity contribution in [3.8, 4) is 22.4 Å². The van der Waals surface area contributed by atoms with Crippen LogP contribution in [0, 0.1) is 13.8 Å². The lowest BCUT2D eigenvalue weighted by molar-refractivity contribution is 0.0953. The zero-order chi connectivity index (χ0) is 27.5. The third-order valence-electron chi connectivity index (χ3n) is 6.46. The smallest absolute Gasteiger partial charge is 0.257 e. The summed E-state index contributed by atoms with van der Waals surface area (Å²) in [5.41, 5.74) is 6.99. The van der Waals surface area contributed by atoms with E-state index in [-0.39, 0.29) is 11.5 Å². The molecule has 0 saturated heterocycles. The van der Waals surface area contributed by atoms with E-state index >= 15 is 0 Å². The Hall–Kier alpha value is -3.64. The van der Waals surface area contributed by atoms with Crippen LogP contribution in [0.5, 0.6) is 0 Å². The molecule has 3 N–H and O–H groups in total. The maximum absolute atomic E-state index is 12.7. The normalized spacial score (nSPS) is 10.8. The number of amides is 1. The van der Waals surface area contributed by atoms with Gasteiger partial charge in [0.25, 0.3) is 11.5 Å². The van der Waals surface area contributed by atoms with Gasteiger partial charge in [-0.15, -0.1) is 0 Å². The van der Waals surface area contributed by atoms with Crippen molar-refractivity contribution < 1.29 is 9.53 Å². The van der Waals surface area contributed by atoms with Crippen molar-refractivity contribution in [2.24, 2.45) is 0 Å². The predicted molar refractivity (Wildman–Crippen MR) is 158 cm³/mol. The maximum Gasteiger partial charge on any atom is 0.257 e. The second-order valence-electron chi connectivity index (χ2n) is 9.57. The molecule has 0 radical (unpaired) electrons. The van der Waals surface area contributed by atoms with Gasteiger partial charge in [0.15, 0.2) is 0 Å². The molecular formula is C32H41N3O3. The van der Waals surface area contributed by atoms with Gasteiger partial charge in [-0.25, -0.2) is 0 Å². The number of fused-ring (bicyclic) bond motifs is 1. The lowest BCUT2D eigenvalue weighted by Crippen LogP contribution is -2.24. The van der Waals surface area contributed by atoms with Crippen LogP contribution in [0.3, 0.4) is 0 Å². The van der Waals surface area contributed by atoms with Crippen LogP contribution in [0.25, 0.3) is 33.3 Å². The minimum Gasteiger partial charge on any atom is -0.381 e. The fourth-order valence-corrected chi connectivity index (χ4v) is 4.22. The molecule has 1 amide bonds. The first-order valence-corrected chi connectivity index (χ1v) is 13.7. The molecule has 0 aliphatic rings. The molecule has 6 nitrogen and oxygen atoms in total. The predicted octanol–water partition coefficient (Wildman–Crippen LogP) is 7.16. The first-order chi connectivity index (χ1) is 18.4. The van der Waals surface area contributed by atoms with E-state index in [9.17, 15) is 9.59 Å². The Morgan fingerprint density at radius 3 is 2.34 bits per heavy atom. The Labute approximate surface area is 225 Å². The maximum atomic E-state index is 12.7. The SMILES string of the molecule is CCCCNC(=O)c1ccc2[nH]c(-c3ccc[nH]c3=O)c(-c3ccc(C)c(C)c3)c2c1.CCCOCCC. The van der Waals surface area contributed by atoms with E-state index in [0.29, 0.717) is 17.7 Å². The van der Waals surface area contributed by atoms with Crippen LogP contribution in [0.2, 0.25) is 0 Å². The van der Waals surface area contributed by atoms with Crippen molar-refractivity contribution in [3.63, 3.8) is 0 Å². The topological polar surface area (TPSA) is 87.0 Å². The highest BCUT2D eigenvalue weighted by molar-refractivity contribution is 6.07. The van der Waals surface area contributed by atoms with Crippen LogP contribution < -0.4 is 10.9 Å². The van der Waals surface area contributed by atoms with Crippen LogP contribution in [0.15, 0.2) is 59.5 Å². The lowest BCUT2D eigenvalue weighted by atomic mass is 9.95. The summed E-state index contributed by atoms with van der Waals surface area (Å²) in [7, 11) is 0. The molecule has 2 heterocycles. The van der Waals surface area contributed by atoms with E-state index in [4.69, 9.17) is 4.74 Å². The Bertz CT molecular complexity index is 1400. The van der Waals surface area contributed by atoms with Crippen LogP contribution in [-0.4, -0.2) is 35.6 Å². The summed E-state index contributed by atoms with van der Waals surface area (Å²) in [6, 6.07) is 15.6. The average molecular weight is 516 g/mol. The van der Waals surface area contributed by atoms with Gasteiger partial charge >= 0.3 is 0 Å². The van der Waals surface area contributed by atoms with Crippen LogP contribution in [-0.2, 0) is 4.74 Å². The summed E-state index contributed by atoms with van der Waals surface area (Å²) < 4.78 is 5.13. The van der Waals surface area contributed by atoms with Gasteiger partial charge in [-0.1, -0.05) is 45.4 Å². The van der Waals surface area contributed by atoms with E-state index in [1.807, 2.05) is 30.3 Å². The van der Waals surface area contributed by atoms with E-state index in [2.05, 4.69) is 68.1 Å². The van der Waals surface area contributed by atoms with Gasteiger partial charge in [-0.2, -0.15) is 0 Å². The number of ether oxygens (including phenoxy) is 1. The molecule has 2 aromatic heterocycles. The van der Waals surface area contributed by atoms with Crippen molar-refractivity contribution >= 4 is 16.8 Å². The largest absolute Gasteiger partial charge is 0.381 e. The molecular weight excluding hydrogens is 474 g/mol. The Morgan fingerprint density at radius 1 is 0.921 bits per heavy atom. The summed E-state index contributed by atoms with van der Waals surface area (Å²) in [5, 5.41) is 3.90. The van der Waals surface area contributed by atoms with Gasteiger partial charge in [0.1, 0.15) is 0 Å². The van der Waals surface area contributed by atoms with Gasteiger partial charge in [-0.05, 0) is 80.1 Å². The molecule has 0 aliphatic heterocycles. The fourth-order valence-electron chi connectivity index (χ4n) is 4.22. The van der Waals surface area contributed by atoms with E-state index < -0.39 is 0 Å². The minimum atomic E-state index is -0.156. The standard InChI is InChI=1S/C26H27N3O2.C6H14O/c1-4-5-12-27-25(30)19-10-11-22-21(15-19)23(18-9-8-16(2)17(3)14-18)24(29-22)20-7-6-13-28-26(20)31;1-3-5-7-6-4-2/h6-11,13-15,29H,4-5,12H2,1-3H3,(H,27,30)(H,28,31);3-6H2,1-2H3. The molecule has 4 aromatic rings. The number of hydrogen-bond acceptors (Lipinski definition) is 3. The van der Waals surface area contributed by atoms with Crippen LogP contribution in [0.4, 0.5) is 0 Å². The van der Waals surface area contributed by atoms with Crippen LogP contribution in [0.1, 0.15) is 67.9 Å². The number of pyridine rings is 1. The second kappa shape index (κ2) is 14.3. The van der Waals surface area contributed by atoms with Gasteiger partial charge in [0.05, 0.1) is 11.3 Å². The number of H-pyrrole nitrogens is 2. The number of aromatic nitrogens is 2. The highest BCUT2D eigenvalue weighted by atomic mass is 16.5. The van der Waals surface area contributed by atoms with Gasteiger partial charge < -0.3 is 20.0 Å². The molecule has 0 atom stereocenters. The zero-order valence-electron chi connectivity index (χ0n) is 23.4. The number of carbonyl (C=O) groups is 1. The van der Waals surface area contributed by atoms with Crippen molar-refractivity contribution in [3.05, 3.63) is 81.8 Å². The van der Waals surface area contributed by atoms with E-state index in [1.54, 1.807) is 6.20 Å². The average Bonchev–Trinajstić information content (AvgIpc) is 3.30. The quantitative estimate of drug-likeness (QED) is 0.196. The number of hydrogen-bond donors (Lipinski definition) is 3. The Kier molecular flexibility index (Phi) is 10.9. The number of unbranched alkanes of at least 4 members (excludes halogenated alkanes) is 1. The summed E-state index contributed by atoms with van der Waals surface area (Å²) in [5.74, 6) is -0.0818. The number of benzene rings is 2. The summed E-state index contributed by atoms with van der Waals surface area (Å²) in [6.07, 6.45) is 5.89. The first-order valence-electron chi connectivity index (χ1n) is 13.7. The highest BCUT2D eigenvalue weighted by Crippen LogP contribution is 2.38. The first kappa shape index (κ1) is 28.9. The molecule has 0 unspecified atom stereocenters. The van der Waals surface area contributed by atoms with Gasteiger partial charge in [0, 0.05) is 48.0 Å². The van der Waals surface area contributed by atoms with Crippen molar-refractivity contribution in [2.75, 3.05) is 19.8 Å². The molecule has 2 aromatic carbocycles. The minimum absolute atomic E-state index is 0.0818. The van der Waals surface area contributed by atoms with Crippen molar-refractivity contribution in [1.29, 1.82) is 0 Å². The summed E-state index contributed by atoms with van der Waals surface area (Å²) in [6.45, 7) is 13.0. The highest BCUT2D eigenvalue weighted by Gasteiger charge is 2.19. The summed E-state index contributed by atoms with van der Waals surface area (Å²) in [4.78, 5) is 31.4. The zero-order valence-corrected chi connectivity index (χ0v) is 23.4. The molecule has 6 heteroatoms. The number of carbonyl (C=O) groups excluding carboxylic acids is 1. The molecule has 0 spiro atoms. The number of rotatable bonds is 10. The molecule has 0 saturated carbocycles. The summed E-state index contributed by atoms with van der Waals surface area (Å²) >= 11 is 0. The molecule has 0 bridgehead atoms. The molecule has 202 valence electrons. The monoisotopic (exact) mass is 515 g/mol. The lowest BCUT2D eigenvalue weighted by Gasteiger charge is -2.09. The molecule has 0 fully saturated rings. The second-order valence-corrected chi connectivity index (χ2v) is 9.57. The van der Waals surface area contributed by atoms with Gasteiger partial charge in [-0.3, -0.25) is 9.59 Å². The number of aromatic amines is 2. The number of nitrogens with one attached hydrogen (secondary N) is 3. The Morgan fingerprint density at radius 2 is 1.68 bits per heavy atom. The molecule has 4 rings (SSSR count). The van der Waals surface area contributed by atoms with Crippen molar-refractivity contribution in [2.45, 2.75) is 60.3 Å². The van der Waals surface area contributed by atoms with Crippen molar-refractivity contribution in [1.82, 2.24) is 15.3 Å². The molecule has 0 aliphatic carbocycles. The third-order valence-corrected chi connectivity index (χ3v) is 6.46. The Balaban J connectivity index is 0.000000505. The van der Waals surface area contributed by atoms with E-state index in [0.717, 1.165) is 66.6 Å². The molecule has 38 heavy (non-hydrogen) atoms. The van der Waals surface area contributed by atoms with Crippen LogP contribution >= 0.6 is 0 Å². The number of aryl methyl sites for hydroxylation is 2. The third kappa shape index (κ3) is 7.23. The fraction of sp³-hybridized carbons (Fsp3) is 0.375. The van der Waals surface area contributed by atoms with E-state index in [1.165, 1.54) is 11.1 Å². The van der Waals surface area contributed by atoms with Gasteiger partial charge in [0.2, 0.25) is 0 Å².